The summed E-state index contributed by atoms with van der Waals surface area (Å²) in [5.41, 5.74) is 0. The van der Waals surface area contributed by atoms with Crippen molar-refractivity contribution in [2.45, 2.75) is 69.0 Å². The first-order valence-electron chi connectivity index (χ1n) is 7.39. The van der Waals surface area contributed by atoms with Gasteiger partial charge in [0, 0.05) is 6.54 Å². The third-order valence-corrected chi connectivity index (χ3v) is 5.08. The molecule has 6 heteroatoms. The van der Waals surface area contributed by atoms with Crippen LogP contribution < -0.4 is 0 Å². The Bertz CT molecular complexity index is 462. The van der Waals surface area contributed by atoms with E-state index in [-0.39, 0.29) is 11.9 Å². The van der Waals surface area contributed by atoms with Crippen molar-refractivity contribution in [3.8, 4) is 6.07 Å². The molecule has 110 valence electrons. The molecule has 1 unspecified atom stereocenters. The summed E-state index contributed by atoms with van der Waals surface area (Å²) < 4.78 is 1.94. The highest BCUT2D eigenvalue weighted by molar-refractivity contribution is 8.00. The van der Waals surface area contributed by atoms with Gasteiger partial charge >= 0.3 is 0 Å². The van der Waals surface area contributed by atoms with Crippen molar-refractivity contribution in [2.24, 2.45) is 5.92 Å². The molecule has 0 amide bonds. The normalized spacial score (nSPS) is 17.9. The molecular formula is C14H22N4OS. The minimum atomic E-state index is -0.103. The van der Waals surface area contributed by atoms with Crippen molar-refractivity contribution in [1.82, 2.24) is 14.8 Å². The predicted molar refractivity (Wildman–Crippen MR) is 78.1 cm³/mol. The van der Waals surface area contributed by atoms with Crippen LogP contribution in [0.15, 0.2) is 5.16 Å². The molecule has 1 aliphatic carbocycles. The molecule has 1 heterocycles. The van der Waals surface area contributed by atoms with Crippen molar-refractivity contribution >= 4 is 11.8 Å². The minimum absolute atomic E-state index is 0.0540. The molecule has 1 N–H and O–H groups in total. The Labute approximate surface area is 124 Å². The summed E-state index contributed by atoms with van der Waals surface area (Å²) in [7, 11) is 0. The van der Waals surface area contributed by atoms with Crippen LogP contribution in [0, 0.1) is 17.2 Å². The van der Waals surface area contributed by atoms with E-state index in [1.807, 2.05) is 4.57 Å². The first-order chi connectivity index (χ1) is 9.80. The smallest absolute Gasteiger partial charge is 0.192 e. The van der Waals surface area contributed by atoms with Gasteiger partial charge in [0.15, 0.2) is 11.0 Å². The van der Waals surface area contributed by atoms with Gasteiger partial charge < -0.3 is 9.67 Å². The molecule has 1 aliphatic rings. The van der Waals surface area contributed by atoms with Crippen LogP contribution in [0.5, 0.6) is 0 Å². The quantitative estimate of drug-likeness (QED) is 0.816. The highest BCUT2D eigenvalue weighted by Crippen LogP contribution is 2.35. The standard InChI is InChI=1S/C14H22N4OS/c1-2-8-18-13(10-19)16-17-14(18)20-12(9-15)11-6-4-3-5-7-11/h11-12,19H,2-8,10H2,1H3. The van der Waals surface area contributed by atoms with Gasteiger partial charge in [-0.2, -0.15) is 5.26 Å². The number of hydrogen-bond acceptors (Lipinski definition) is 5. The molecule has 0 spiro atoms. The Morgan fingerprint density at radius 1 is 1.40 bits per heavy atom. The molecule has 5 nitrogen and oxygen atoms in total. The maximum atomic E-state index is 9.45. The van der Waals surface area contributed by atoms with Crippen LogP contribution in [0.4, 0.5) is 0 Å². The molecule has 1 aromatic heterocycles. The van der Waals surface area contributed by atoms with Gasteiger partial charge in [-0.05, 0) is 25.2 Å². The fourth-order valence-electron chi connectivity index (χ4n) is 2.75. The van der Waals surface area contributed by atoms with E-state index in [4.69, 9.17) is 0 Å². The second-order valence-electron chi connectivity index (χ2n) is 5.27. The zero-order valence-corrected chi connectivity index (χ0v) is 12.8. The lowest BCUT2D eigenvalue weighted by Crippen LogP contribution is -2.19. The van der Waals surface area contributed by atoms with Gasteiger partial charge in [0.1, 0.15) is 11.9 Å². The molecule has 1 atom stereocenters. The Kier molecular flexibility index (Phi) is 5.86. The lowest BCUT2D eigenvalue weighted by molar-refractivity contribution is 0.263. The van der Waals surface area contributed by atoms with Crippen molar-refractivity contribution in [3.63, 3.8) is 0 Å². The molecule has 0 aliphatic heterocycles. The maximum absolute atomic E-state index is 9.45. The van der Waals surface area contributed by atoms with E-state index in [0.29, 0.717) is 11.7 Å². The number of hydrogen-bond donors (Lipinski definition) is 1. The third-order valence-electron chi connectivity index (χ3n) is 3.82. The van der Waals surface area contributed by atoms with Crippen LogP contribution in [0.25, 0.3) is 0 Å². The molecule has 0 bridgehead atoms. The van der Waals surface area contributed by atoms with Crippen LogP contribution in [-0.4, -0.2) is 25.1 Å². The Hall–Kier alpha value is -1.06. The SMILES string of the molecule is CCCn1c(CO)nnc1SC(C#N)C1CCCCC1. The number of thioether (sulfide) groups is 1. The number of aliphatic hydroxyl groups is 1. The van der Waals surface area contributed by atoms with E-state index >= 15 is 0 Å². The summed E-state index contributed by atoms with van der Waals surface area (Å²) in [5.74, 6) is 1.05. The van der Waals surface area contributed by atoms with Crippen LogP contribution in [0.2, 0.25) is 0 Å². The van der Waals surface area contributed by atoms with Gasteiger partial charge in [0.05, 0.1) is 6.07 Å². The molecule has 0 saturated heterocycles. The Morgan fingerprint density at radius 3 is 2.75 bits per heavy atom. The Morgan fingerprint density at radius 2 is 2.15 bits per heavy atom. The van der Waals surface area contributed by atoms with Crippen molar-refractivity contribution in [1.29, 1.82) is 5.26 Å². The first kappa shape index (κ1) is 15.3. The maximum Gasteiger partial charge on any atom is 0.192 e. The number of aromatic nitrogens is 3. The van der Waals surface area contributed by atoms with Crippen molar-refractivity contribution in [2.75, 3.05) is 0 Å². The van der Waals surface area contributed by atoms with Crippen LogP contribution in [0.3, 0.4) is 0 Å². The fraction of sp³-hybridized carbons (Fsp3) is 0.786. The summed E-state index contributed by atoms with van der Waals surface area (Å²) in [6.45, 7) is 2.76. The molecule has 0 aromatic carbocycles. The molecule has 0 radical (unpaired) electrons. The fourth-order valence-corrected chi connectivity index (χ4v) is 3.91. The van der Waals surface area contributed by atoms with Gasteiger partial charge in [0.2, 0.25) is 0 Å². The average molecular weight is 294 g/mol. The second kappa shape index (κ2) is 7.65. The van der Waals surface area contributed by atoms with E-state index in [1.165, 1.54) is 31.0 Å². The van der Waals surface area contributed by atoms with Crippen LogP contribution >= 0.6 is 11.8 Å². The molecule has 1 aromatic rings. The number of nitrogens with zero attached hydrogens (tertiary/aromatic N) is 4. The summed E-state index contributed by atoms with van der Waals surface area (Å²) in [6.07, 6.45) is 6.99. The summed E-state index contributed by atoms with van der Waals surface area (Å²) >= 11 is 1.52. The van der Waals surface area contributed by atoms with E-state index in [9.17, 15) is 10.4 Å². The van der Waals surface area contributed by atoms with Crippen molar-refractivity contribution < 1.29 is 5.11 Å². The monoisotopic (exact) mass is 294 g/mol. The highest BCUT2D eigenvalue weighted by atomic mass is 32.2. The summed E-state index contributed by atoms with van der Waals surface area (Å²) in [6, 6.07) is 2.44. The van der Waals surface area contributed by atoms with E-state index in [0.717, 1.165) is 31.0 Å². The van der Waals surface area contributed by atoms with Gasteiger partial charge in [-0.1, -0.05) is 37.9 Å². The van der Waals surface area contributed by atoms with E-state index < -0.39 is 0 Å². The number of aliphatic hydroxyl groups excluding tert-OH is 1. The second-order valence-corrected chi connectivity index (χ2v) is 6.38. The third kappa shape index (κ3) is 3.53. The van der Waals surface area contributed by atoms with Crippen LogP contribution in [0.1, 0.15) is 51.3 Å². The average Bonchev–Trinajstić information content (AvgIpc) is 2.88. The first-order valence-corrected chi connectivity index (χ1v) is 8.27. The molecule has 1 saturated carbocycles. The summed E-state index contributed by atoms with van der Waals surface area (Å²) in [5, 5.41) is 27.6. The molecule has 20 heavy (non-hydrogen) atoms. The van der Waals surface area contributed by atoms with Gasteiger partial charge in [-0.15, -0.1) is 10.2 Å². The lowest BCUT2D eigenvalue weighted by atomic mass is 9.87. The largest absolute Gasteiger partial charge is 0.388 e. The number of nitriles is 1. The van der Waals surface area contributed by atoms with Gasteiger partial charge in [0.25, 0.3) is 0 Å². The van der Waals surface area contributed by atoms with E-state index in [1.54, 1.807) is 0 Å². The zero-order valence-electron chi connectivity index (χ0n) is 12.0. The Balaban J connectivity index is 2.10. The molecule has 1 fully saturated rings. The van der Waals surface area contributed by atoms with E-state index in [2.05, 4.69) is 23.2 Å². The number of rotatable bonds is 6. The zero-order chi connectivity index (χ0) is 14.4. The van der Waals surface area contributed by atoms with Crippen molar-refractivity contribution in [3.05, 3.63) is 5.82 Å². The van der Waals surface area contributed by atoms with Crippen LogP contribution in [-0.2, 0) is 13.2 Å². The predicted octanol–water partition coefficient (Wildman–Crippen LogP) is 2.74. The topological polar surface area (TPSA) is 74.7 Å². The highest BCUT2D eigenvalue weighted by Gasteiger charge is 2.26. The van der Waals surface area contributed by atoms with Gasteiger partial charge in [-0.3, -0.25) is 0 Å². The molecular weight excluding hydrogens is 272 g/mol. The minimum Gasteiger partial charge on any atom is -0.388 e. The molecule has 2 rings (SSSR count). The summed E-state index contributed by atoms with van der Waals surface area (Å²) in [4.78, 5) is 0. The van der Waals surface area contributed by atoms with Gasteiger partial charge in [-0.25, -0.2) is 0 Å². The lowest BCUT2D eigenvalue weighted by Gasteiger charge is -2.25.